The molecule has 0 fully saturated rings. The number of nitrogens with one attached hydrogen (secondary N) is 1. The fourth-order valence-corrected chi connectivity index (χ4v) is 2.13. The number of hydrogen-bond acceptors (Lipinski definition) is 5. The Morgan fingerprint density at radius 1 is 1.15 bits per heavy atom. The minimum atomic E-state index is 0.644. The van der Waals surface area contributed by atoms with Crippen molar-refractivity contribution in [3.8, 4) is 11.5 Å². The van der Waals surface area contributed by atoms with Gasteiger partial charge in [0.25, 0.3) is 0 Å². The highest BCUT2D eigenvalue weighted by Gasteiger charge is 2.09. The Morgan fingerprint density at radius 2 is 1.75 bits per heavy atom. The van der Waals surface area contributed by atoms with Crippen LogP contribution in [0.1, 0.15) is 5.56 Å². The summed E-state index contributed by atoms with van der Waals surface area (Å²) >= 11 is 3.49. The summed E-state index contributed by atoms with van der Waals surface area (Å²) in [4.78, 5) is 4.28. The molecule has 0 aliphatic carbocycles. The van der Waals surface area contributed by atoms with Gasteiger partial charge in [0.1, 0.15) is 17.3 Å². The van der Waals surface area contributed by atoms with Crippen LogP contribution in [0, 0.1) is 6.92 Å². The van der Waals surface area contributed by atoms with Crippen molar-refractivity contribution in [1.29, 1.82) is 0 Å². The van der Waals surface area contributed by atoms with Crippen LogP contribution in [0.2, 0.25) is 0 Å². The molecule has 6 heteroatoms. The summed E-state index contributed by atoms with van der Waals surface area (Å²) in [5, 5.41) is 3.22. The SMILES string of the molecule is COc1cc(Nc2ncc(N)c(C)c2Br)cc(OC)c1. The zero-order chi connectivity index (χ0) is 14.7. The second-order valence-electron chi connectivity index (χ2n) is 4.23. The molecule has 1 aromatic heterocycles. The number of nitrogens with two attached hydrogens (primary N) is 1. The van der Waals surface area contributed by atoms with Gasteiger partial charge < -0.3 is 20.5 Å². The first-order valence-corrected chi connectivity index (χ1v) is 6.75. The van der Waals surface area contributed by atoms with Gasteiger partial charge in [-0.2, -0.15) is 0 Å². The smallest absolute Gasteiger partial charge is 0.145 e. The molecule has 106 valence electrons. The molecule has 0 bridgehead atoms. The molecule has 1 aromatic carbocycles. The third kappa shape index (κ3) is 2.96. The molecule has 2 rings (SSSR count). The second kappa shape index (κ2) is 6.00. The van der Waals surface area contributed by atoms with E-state index in [9.17, 15) is 0 Å². The van der Waals surface area contributed by atoms with E-state index in [-0.39, 0.29) is 0 Å². The standard InChI is InChI=1S/C14H16BrN3O2/c1-8-12(16)7-17-14(13(8)15)18-9-4-10(19-2)6-11(5-9)20-3/h4-7H,16H2,1-3H3,(H,17,18). The van der Waals surface area contributed by atoms with Crippen molar-refractivity contribution in [1.82, 2.24) is 4.98 Å². The lowest BCUT2D eigenvalue weighted by Crippen LogP contribution is -2.00. The van der Waals surface area contributed by atoms with Crippen LogP contribution in [0.4, 0.5) is 17.2 Å². The minimum Gasteiger partial charge on any atom is -0.497 e. The van der Waals surface area contributed by atoms with Crippen molar-refractivity contribution in [2.45, 2.75) is 6.92 Å². The van der Waals surface area contributed by atoms with Crippen molar-refractivity contribution >= 4 is 33.1 Å². The van der Waals surface area contributed by atoms with Crippen molar-refractivity contribution in [2.24, 2.45) is 0 Å². The summed E-state index contributed by atoms with van der Waals surface area (Å²) < 4.78 is 11.3. The molecule has 0 amide bonds. The van der Waals surface area contributed by atoms with Crippen molar-refractivity contribution in [3.63, 3.8) is 0 Å². The van der Waals surface area contributed by atoms with Crippen LogP contribution in [0.25, 0.3) is 0 Å². The van der Waals surface area contributed by atoms with Crippen molar-refractivity contribution in [2.75, 3.05) is 25.3 Å². The summed E-state index contributed by atoms with van der Waals surface area (Å²) in [7, 11) is 3.22. The number of hydrogen-bond donors (Lipinski definition) is 2. The molecule has 0 aliphatic rings. The number of ether oxygens (including phenoxy) is 2. The van der Waals surface area contributed by atoms with Crippen LogP contribution in [-0.2, 0) is 0 Å². The van der Waals surface area contributed by atoms with Crippen LogP contribution in [0.15, 0.2) is 28.9 Å². The van der Waals surface area contributed by atoms with Crippen LogP contribution in [0.5, 0.6) is 11.5 Å². The fraction of sp³-hybridized carbons (Fsp3) is 0.214. The first-order valence-electron chi connectivity index (χ1n) is 5.95. The number of benzene rings is 1. The lowest BCUT2D eigenvalue weighted by Gasteiger charge is -2.13. The topological polar surface area (TPSA) is 69.4 Å². The maximum atomic E-state index is 5.81. The van der Waals surface area contributed by atoms with Gasteiger partial charge in [0.05, 0.1) is 30.6 Å². The lowest BCUT2D eigenvalue weighted by atomic mass is 10.2. The van der Waals surface area contributed by atoms with Gasteiger partial charge in [-0.15, -0.1) is 0 Å². The van der Waals surface area contributed by atoms with E-state index in [4.69, 9.17) is 15.2 Å². The van der Waals surface area contributed by atoms with E-state index >= 15 is 0 Å². The molecule has 0 spiro atoms. The average molecular weight is 338 g/mol. The average Bonchev–Trinajstić information content (AvgIpc) is 2.47. The molecule has 5 nitrogen and oxygen atoms in total. The Kier molecular flexibility index (Phi) is 4.34. The Morgan fingerprint density at radius 3 is 2.30 bits per heavy atom. The van der Waals surface area contributed by atoms with Gasteiger partial charge in [-0.3, -0.25) is 0 Å². The predicted octanol–water partition coefficient (Wildman–Crippen LogP) is 3.50. The maximum absolute atomic E-state index is 5.81. The van der Waals surface area contributed by atoms with E-state index in [1.165, 1.54) is 0 Å². The van der Waals surface area contributed by atoms with Gasteiger partial charge in [-0.25, -0.2) is 4.98 Å². The lowest BCUT2D eigenvalue weighted by molar-refractivity contribution is 0.395. The second-order valence-corrected chi connectivity index (χ2v) is 5.02. The number of rotatable bonds is 4. The summed E-state index contributed by atoms with van der Waals surface area (Å²) in [5.74, 6) is 2.09. The Bertz CT molecular complexity index is 610. The van der Waals surface area contributed by atoms with E-state index in [0.717, 1.165) is 15.7 Å². The molecule has 0 aliphatic heterocycles. The zero-order valence-electron chi connectivity index (χ0n) is 11.5. The van der Waals surface area contributed by atoms with E-state index in [2.05, 4.69) is 26.2 Å². The highest BCUT2D eigenvalue weighted by molar-refractivity contribution is 9.10. The maximum Gasteiger partial charge on any atom is 0.145 e. The van der Waals surface area contributed by atoms with Gasteiger partial charge in [0, 0.05) is 23.9 Å². The molecule has 0 atom stereocenters. The fourth-order valence-electron chi connectivity index (χ4n) is 1.70. The molecular weight excluding hydrogens is 322 g/mol. The van der Waals surface area contributed by atoms with Gasteiger partial charge >= 0.3 is 0 Å². The van der Waals surface area contributed by atoms with Crippen LogP contribution in [-0.4, -0.2) is 19.2 Å². The number of anilines is 3. The van der Waals surface area contributed by atoms with E-state index in [0.29, 0.717) is 23.0 Å². The first kappa shape index (κ1) is 14.5. The Hall–Kier alpha value is -1.95. The first-order chi connectivity index (χ1) is 9.55. The van der Waals surface area contributed by atoms with Gasteiger partial charge in [0.2, 0.25) is 0 Å². The summed E-state index contributed by atoms with van der Waals surface area (Å²) in [5.41, 5.74) is 8.22. The molecular formula is C14H16BrN3O2. The number of aromatic nitrogens is 1. The molecule has 0 saturated heterocycles. The third-order valence-electron chi connectivity index (χ3n) is 2.92. The summed E-state index contributed by atoms with van der Waals surface area (Å²) in [6, 6.07) is 5.53. The minimum absolute atomic E-state index is 0.644. The number of pyridine rings is 1. The highest BCUT2D eigenvalue weighted by atomic mass is 79.9. The number of nitrogens with zero attached hydrogens (tertiary/aromatic N) is 1. The third-order valence-corrected chi connectivity index (χ3v) is 3.89. The molecule has 2 aromatic rings. The van der Waals surface area contributed by atoms with E-state index in [1.807, 2.05) is 25.1 Å². The molecule has 3 N–H and O–H groups in total. The van der Waals surface area contributed by atoms with Gasteiger partial charge in [-0.05, 0) is 28.4 Å². The number of methoxy groups -OCH3 is 2. The Balaban J connectivity index is 2.37. The monoisotopic (exact) mass is 337 g/mol. The summed E-state index contributed by atoms with van der Waals surface area (Å²) in [6.07, 6.45) is 1.62. The van der Waals surface area contributed by atoms with E-state index < -0.39 is 0 Å². The van der Waals surface area contributed by atoms with Crippen LogP contribution < -0.4 is 20.5 Å². The zero-order valence-corrected chi connectivity index (χ0v) is 13.1. The quantitative estimate of drug-likeness (QED) is 0.893. The van der Waals surface area contributed by atoms with Gasteiger partial charge in [0.15, 0.2) is 0 Å². The molecule has 0 radical (unpaired) electrons. The van der Waals surface area contributed by atoms with Crippen LogP contribution in [0.3, 0.4) is 0 Å². The molecule has 0 unspecified atom stereocenters. The molecule has 1 heterocycles. The van der Waals surface area contributed by atoms with Crippen LogP contribution >= 0.6 is 15.9 Å². The van der Waals surface area contributed by atoms with E-state index in [1.54, 1.807) is 20.4 Å². The number of halogens is 1. The highest BCUT2D eigenvalue weighted by Crippen LogP contribution is 2.32. The van der Waals surface area contributed by atoms with Gasteiger partial charge in [-0.1, -0.05) is 0 Å². The van der Waals surface area contributed by atoms with Crippen molar-refractivity contribution in [3.05, 3.63) is 34.4 Å². The largest absolute Gasteiger partial charge is 0.497 e. The predicted molar refractivity (Wildman–Crippen MR) is 83.9 cm³/mol. The molecule has 20 heavy (non-hydrogen) atoms. The van der Waals surface area contributed by atoms with Crippen molar-refractivity contribution < 1.29 is 9.47 Å². The summed E-state index contributed by atoms with van der Waals surface area (Å²) in [6.45, 7) is 1.93. The normalized spacial score (nSPS) is 10.2. The number of nitrogen functional groups attached to an aromatic ring is 1. The molecule has 0 saturated carbocycles. The Labute approximate surface area is 126 Å².